The molecule has 0 radical (unpaired) electrons. The third-order valence-electron chi connectivity index (χ3n) is 2.27. The first kappa shape index (κ1) is 13.1. The summed E-state index contributed by atoms with van der Waals surface area (Å²) in [6.07, 6.45) is 1.69. The van der Waals surface area contributed by atoms with Gasteiger partial charge in [0.15, 0.2) is 10.9 Å². The van der Waals surface area contributed by atoms with Gasteiger partial charge >= 0.3 is 0 Å². The molecule has 5 heteroatoms. The fourth-order valence-electron chi connectivity index (χ4n) is 1.34. The van der Waals surface area contributed by atoms with Gasteiger partial charge in [-0.2, -0.15) is 0 Å². The van der Waals surface area contributed by atoms with Crippen LogP contribution in [0.2, 0.25) is 5.02 Å². The maximum Gasteiger partial charge on any atom is 0.188 e. The van der Waals surface area contributed by atoms with Gasteiger partial charge in [-0.1, -0.05) is 23.4 Å². The van der Waals surface area contributed by atoms with Crippen LogP contribution in [0, 0.1) is 6.92 Å². The molecular weight excluding hydrogens is 268 g/mol. The molecule has 3 nitrogen and oxygen atoms in total. The lowest BCUT2D eigenvalue weighted by Crippen LogP contribution is -2.03. The van der Waals surface area contributed by atoms with E-state index < -0.39 is 0 Å². The van der Waals surface area contributed by atoms with Crippen molar-refractivity contribution in [1.82, 2.24) is 9.97 Å². The quantitative estimate of drug-likeness (QED) is 0.488. The van der Waals surface area contributed by atoms with Crippen molar-refractivity contribution in [2.75, 3.05) is 5.75 Å². The second-order valence-electron chi connectivity index (χ2n) is 3.70. The summed E-state index contributed by atoms with van der Waals surface area (Å²) in [6.45, 7) is 1.90. The fourth-order valence-corrected chi connectivity index (χ4v) is 2.24. The highest BCUT2D eigenvalue weighted by Gasteiger charge is 2.07. The number of Topliss-reactive ketones (excluding diaryl/α,β-unsaturated/α-hetero) is 1. The first-order valence-electron chi connectivity index (χ1n) is 5.36. The van der Waals surface area contributed by atoms with E-state index in [1.165, 1.54) is 11.8 Å². The Balaban J connectivity index is 1.98. The highest BCUT2D eigenvalue weighted by atomic mass is 35.5. The minimum atomic E-state index is 0.0433. The number of rotatable bonds is 4. The monoisotopic (exact) mass is 278 g/mol. The largest absolute Gasteiger partial charge is 0.293 e. The van der Waals surface area contributed by atoms with Crippen molar-refractivity contribution in [3.05, 3.63) is 52.8 Å². The summed E-state index contributed by atoms with van der Waals surface area (Å²) < 4.78 is 0. The average Bonchev–Trinajstić information content (AvgIpc) is 2.37. The third-order valence-corrected chi connectivity index (χ3v) is 3.38. The molecule has 0 aliphatic rings. The zero-order valence-corrected chi connectivity index (χ0v) is 11.3. The number of aryl methyl sites for hydroxylation is 1. The van der Waals surface area contributed by atoms with Crippen LogP contribution in [0.5, 0.6) is 0 Å². The molecule has 0 saturated heterocycles. The molecule has 0 amide bonds. The maximum atomic E-state index is 11.9. The Bertz CT molecular complexity index is 557. The summed E-state index contributed by atoms with van der Waals surface area (Å²) >= 11 is 7.11. The number of carbonyl (C=O) groups excluding carboxylic acids is 1. The van der Waals surface area contributed by atoms with Crippen molar-refractivity contribution >= 4 is 29.1 Å². The van der Waals surface area contributed by atoms with E-state index in [9.17, 15) is 4.79 Å². The Hall–Kier alpha value is -1.39. The summed E-state index contributed by atoms with van der Waals surface area (Å²) in [4.78, 5) is 20.2. The molecule has 0 saturated carbocycles. The van der Waals surface area contributed by atoms with Crippen LogP contribution >= 0.6 is 23.4 Å². The Morgan fingerprint density at radius 2 is 2.00 bits per heavy atom. The molecule has 1 heterocycles. The van der Waals surface area contributed by atoms with Crippen LogP contribution in [0.1, 0.15) is 16.1 Å². The van der Waals surface area contributed by atoms with Crippen LogP contribution in [0.4, 0.5) is 0 Å². The van der Waals surface area contributed by atoms with Crippen LogP contribution in [0.15, 0.2) is 41.7 Å². The molecule has 1 aromatic carbocycles. The minimum Gasteiger partial charge on any atom is -0.293 e. The zero-order chi connectivity index (χ0) is 13.0. The molecule has 92 valence electrons. The summed E-state index contributed by atoms with van der Waals surface area (Å²) in [5.74, 6) is 0.368. The second kappa shape index (κ2) is 5.98. The standard InChI is InChI=1S/C13H11ClN2OS/c1-9-6-7-15-13(16-9)18-8-12(17)10-2-4-11(14)5-3-10/h2-7H,8H2,1H3. The number of carbonyl (C=O) groups is 1. The van der Waals surface area contributed by atoms with E-state index in [2.05, 4.69) is 9.97 Å². The van der Waals surface area contributed by atoms with Crippen LogP contribution in [-0.2, 0) is 0 Å². The molecule has 0 bridgehead atoms. The fraction of sp³-hybridized carbons (Fsp3) is 0.154. The number of ketones is 1. The average molecular weight is 279 g/mol. The number of hydrogen-bond acceptors (Lipinski definition) is 4. The van der Waals surface area contributed by atoms with E-state index in [-0.39, 0.29) is 5.78 Å². The summed E-state index contributed by atoms with van der Waals surface area (Å²) in [5.41, 5.74) is 1.55. The predicted octanol–water partition coefficient (Wildman–Crippen LogP) is 3.41. The topological polar surface area (TPSA) is 42.9 Å². The number of aromatic nitrogens is 2. The molecule has 18 heavy (non-hydrogen) atoms. The normalized spacial score (nSPS) is 10.3. The molecule has 2 aromatic rings. The van der Waals surface area contributed by atoms with Gasteiger partial charge in [0.05, 0.1) is 5.75 Å². The van der Waals surface area contributed by atoms with Crippen molar-refractivity contribution in [3.63, 3.8) is 0 Å². The Morgan fingerprint density at radius 3 is 2.67 bits per heavy atom. The maximum absolute atomic E-state index is 11.9. The molecule has 0 spiro atoms. The van der Waals surface area contributed by atoms with E-state index in [0.29, 0.717) is 21.5 Å². The molecular formula is C13H11ClN2OS. The molecule has 0 aliphatic heterocycles. The number of nitrogens with zero attached hydrogens (tertiary/aromatic N) is 2. The lowest BCUT2D eigenvalue weighted by Gasteiger charge is -2.01. The van der Waals surface area contributed by atoms with Crippen LogP contribution < -0.4 is 0 Å². The van der Waals surface area contributed by atoms with Crippen molar-refractivity contribution in [2.45, 2.75) is 12.1 Å². The lowest BCUT2D eigenvalue weighted by atomic mass is 10.1. The van der Waals surface area contributed by atoms with Gasteiger partial charge < -0.3 is 0 Å². The molecule has 0 fully saturated rings. The van der Waals surface area contributed by atoms with Crippen molar-refractivity contribution in [2.24, 2.45) is 0 Å². The van der Waals surface area contributed by atoms with Gasteiger partial charge in [0.25, 0.3) is 0 Å². The number of hydrogen-bond donors (Lipinski definition) is 0. The Morgan fingerprint density at radius 1 is 1.28 bits per heavy atom. The minimum absolute atomic E-state index is 0.0433. The van der Waals surface area contributed by atoms with Gasteiger partial charge in [-0.15, -0.1) is 0 Å². The zero-order valence-electron chi connectivity index (χ0n) is 9.76. The highest BCUT2D eigenvalue weighted by molar-refractivity contribution is 7.99. The van der Waals surface area contributed by atoms with Crippen LogP contribution in [0.25, 0.3) is 0 Å². The van der Waals surface area contributed by atoms with Crippen molar-refractivity contribution in [1.29, 1.82) is 0 Å². The summed E-state index contributed by atoms with van der Waals surface area (Å²) in [5, 5.41) is 1.25. The smallest absolute Gasteiger partial charge is 0.188 e. The molecule has 0 N–H and O–H groups in total. The molecule has 1 aromatic heterocycles. The van der Waals surface area contributed by atoms with E-state index in [4.69, 9.17) is 11.6 Å². The Kier molecular flexibility index (Phi) is 4.33. The molecule has 0 unspecified atom stereocenters. The van der Waals surface area contributed by atoms with Gasteiger partial charge in [0, 0.05) is 22.5 Å². The van der Waals surface area contributed by atoms with E-state index in [1.807, 2.05) is 13.0 Å². The van der Waals surface area contributed by atoms with E-state index >= 15 is 0 Å². The molecule has 0 aliphatic carbocycles. The van der Waals surface area contributed by atoms with Gasteiger partial charge in [-0.25, -0.2) is 9.97 Å². The first-order valence-corrected chi connectivity index (χ1v) is 6.73. The summed E-state index contributed by atoms with van der Waals surface area (Å²) in [6, 6.07) is 8.70. The van der Waals surface area contributed by atoms with Crippen LogP contribution in [-0.4, -0.2) is 21.5 Å². The number of benzene rings is 1. The van der Waals surface area contributed by atoms with Crippen molar-refractivity contribution in [3.8, 4) is 0 Å². The predicted molar refractivity (Wildman–Crippen MR) is 73.3 cm³/mol. The second-order valence-corrected chi connectivity index (χ2v) is 5.08. The van der Waals surface area contributed by atoms with Crippen LogP contribution in [0.3, 0.4) is 0 Å². The third kappa shape index (κ3) is 3.55. The molecule has 2 rings (SSSR count). The Labute approximate surface area is 115 Å². The number of thioether (sulfide) groups is 1. The van der Waals surface area contributed by atoms with Gasteiger partial charge in [0.1, 0.15) is 0 Å². The van der Waals surface area contributed by atoms with Crippen molar-refractivity contribution < 1.29 is 4.79 Å². The van der Waals surface area contributed by atoms with Gasteiger partial charge in [-0.05, 0) is 37.3 Å². The van der Waals surface area contributed by atoms with E-state index in [0.717, 1.165) is 5.69 Å². The molecule has 0 atom stereocenters. The number of halogens is 1. The van der Waals surface area contributed by atoms with Gasteiger partial charge in [0.2, 0.25) is 0 Å². The van der Waals surface area contributed by atoms with E-state index in [1.54, 1.807) is 30.5 Å². The SMILES string of the molecule is Cc1ccnc(SCC(=O)c2ccc(Cl)cc2)n1. The summed E-state index contributed by atoms with van der Waals surface area (Å²) in [7, 11) is 0. The first-order chi connectivity index (χ1) is 8.65. The highest BCUT2D eigenvalue weighted by Crippen LogP contribution is 2.16. The lowest BCUT2D eigenvalue weighted by molar-refractivity contribution is 0.102. The van der Waals surface area contributed by atoms with Gasteiger partial charge in [-0.3, -0.25) is 4.79 Å².